The van der Waals surface area contributed by atoms with Crippen LogP contribution in [0.15, 0.2) is 24.3 Å². The molecule has 1 N–H and O–H groups in total. The number of fused-ring (bicyclic) bond motifs is 3. The quantitative estimate of drug-likeness (QED) is 0.828. The third kappa shape index (κ3) is 3.02. The molecule has 1 aromatic rings. The summed E-state index contributed by atoms with van der Waals surface area (Å²) in [6, 6.07) is 6.96. The molecule has 2 unspecified atom stereocenters. The van der Waals surface area contributed by atoms with Gasteiger partial charge in [0.15, 0.2) is 0 Å². The van der Waals surface area contributed by atoms with Crippen molar-refractivity contribution in [2.75, 3.05) is 26.2 Å². The summed E-state index contributed by atoms with van der Waals surface area (Å²) in [5.41, 5.74) is 0.414. The smallest absolute Gasteiger partial charge is 0.348 e. The second kappa shape index (κ2) is 6.77. The maximum atomic E-state index is 12.7. The molecule has 0 aliphatic carbocycles. The summed E-state index contributed by atoms with van der Waals surface area (Å²) < 4.78 is 5.62. The van der Waals surface area contributed by atoms with E-state index in [1.807, 2.05) is 13.0 Å². The van der Waals surface area contributed by atoms with E-state index in [0.29, 0.717) is 23.8 Å². The van der Waals surface area contributed by atoms with E-state index in [1.165, 1.54) is 0 Å². The lowest BCUT2D eigenvalue weighted by Crippen LogP contribution is -3.16. The summed E-state index contributed by atoms with van der Waals surface area (Å²) in [6.45, 7) is 5.45. The van der Waals surface area contributed by atoms with Gasteiger partial charge in [-0.05, 0) is 44.5 Å². The molecular weight excluding hydrogens is 280 g/mol. The number of para-hydroxylation sites is 1. The van der Waals surface area contributed by atoms with Gasteiger partial charge in [-0.2, -0.15) is 0 Å². The van der Waals surface area contributed by atoms with Gasteiger partial charge in [-0.15, -0.1) is 0 Å². The number of nitrogens with one attached hydrogen (secondary N) is 1. The van der Waals surface area contributed by atoms with Crippen LogP contribution in [0.3, 0.4) is 0 Å². The van der Waals surface area contributed by atoms with Crippen molar-refractivity contribution in [3.63, 3.8) is 0 Å². The number of carbonyl (C=O) groups is 1. The second-order valence-corrected chi connectivity index (χ2v) is 6.28. The van der Waals surface area contributed by atoms with Crippen molar-refractivity contribution in [3.8, 4) is 5.75 Å². The number of hydrogen-bond donors (Lipinski definition) is 1. The molecule has 22 heavy (non-hydrogen) atoms. The monoisotopic (exact) mass is 304 g/mol. The molecule has 3 heterocycles. The lowest BCUT2D eigenvalue weighted by atomic mass is 9.83. The fourth-order valence-corrected chi connectivity index (χ4v) is 3.56. The molecule has 3 aliphatic rings. The SMILES string of the molecule is CCCOc1ccccc1C(=O)[NH+]([O-])C1CN2CCC1CC2. The van der Waals surface area contributed by atoms with Crippen LogP contribution in [0, 0.1) is 11.1 Å². The summed E-state index contributed by atoms with van der Waals surface area (Å²) in [7, 11) is 0. The summed E-state index contributed by atoms with van der Waals surface area (Å²) in [5, 5.41) is 12.4. The Hall–Kier alpha value is -1.43. The Morgan fingerprint density at radius 1 is 1.36 bits per heavy atom. The van der Waals surface area contributed by atoms with E-state index in [9.17, 15) is 10.0 Å². The zero-order chi connectivity index (χ0) is 15.5. The van der Waals surface area contributed by atoms with Gasteiger partial charge in [0.25, 0.3) is 0 Å². The van der Waals surface area contributed by atoms with Crippen molar-refractivity contribution < 1.29 is 14.6 Å². The van der Waals surface area contributed by atoms with E-state index in [1.54, 1.807) is 18.2 Å². The van der Waals surface area contributed by atoms with Gasteiger partial charge in [0.1, 0.15) is 17.4 Å². The van der Waals surface area contributed by atoms with Gasteiger partial charge in [-0.1, -0.05) is 19.1 Å². The zero-order valence-electron chi connectivity index (χ0n) is 13.1. The number of amides is 1. The minimum absolute atomic E-state index is 0.130. The van der Waals surface area contributed by atoms with Crippen molar-refractivity contribution >= 4 is 5.91 Å². The van der Waals surface area contributed by atoms with Crippen molar-refractivity contribution in [3.05, 3.63) is 35.0 Å². The predicted molar refractivity (Wildman–Crippen MR) is 83.8 cm³/mol. The van der Waals surface area contributed by atoms with Crippen molar-refractivity contribution in [1.29, 1.82) is 0 Å². The average molecular weight is 304 g/mol. The molecule has 5 nitrogen and oxygen atoms in total. The third-order valence-electron chi connectivity index (χ3n) is 4.81. The van der Waals surface area contributed by atoms with E-state index >= 15 is 0 Å². The number of benzene rings is 1. The first-order chi connectivity index (χ1) is 10.7. The molecule has 3 saturated heterocycles. The molecule has 2 atom stereocenters. The Kier molecular flexibility index (Phi) is 4.76. The second-order valence-electron chi connectivity index (χ2n) is 6.28. The highest BCUT2D eigenvalue weighted by Gasteiger charge is 2.40. The Balaban J connectivity index is 1.76. The molecule has 2 bridgehead atoms. The predicted octanol–water partition coefficient (Wildman–Crippen LogP) is 1.09. The summed E-state index contributed by atoms with van der Waals surface area (Å²) in [6.07, 6.45) is 2.95. The highest BCUT2D eigenvalue weighted by atomic mass is 16.5. The van der Waals surface area contributed by atoms with Crippen LogP contribution >= 0.6 is 0 Å². The molecule has 1 aromatic carbocycles. The van der Waals surface area contributed by atoms with Gasteiger partial charge in [-0.25, -0.2) is 4.79 Å². The van der Waals surface area contributed by atoms with Crippen molar-refractivity contribution in [1.82, 2.24) is 4.90 Å². The van der Waals surface area contributed by atoms with E-state index in [0.717, 1.165) is 38.9 Å². The van der Waals surface area contributed by atoms with Gasteiger partial charge < -0.3 is 15.0 Å². The Morgan fingerprint density at radius 3 is 2.73 bits per heavy atom. The lowest BCUT2D eigenvalue weighted by molar-refractivity contribution is -0.796. The number of hydrogen-bond acceptors (Lipinski definition) is 4. The molecule has 0 spiro atoms. The molecule has 5 heteroatoms. The van der Waals surface area contributed by atoms with Gasteiger partial charge in [0.05, 0.1) is 13.2 Å². The van der Waals surface area contributed by atoms with E-state index in [2.05, 4.69) is 4.90 Å². The topological polar surface area (TPSA) is 57.0 Å². The van der Waals surface area contributed by atoms with Crippen LogP contribution in [0.1, 0.15) is 36.5 Å². The highest BCUT2D eigenvalue weighted by Crippen LogP contribution is 2.26. The third-order valence-corrected chi connectivity index (χ3v) is 4.81. The first-order valence-electron chi connectivity index (χ1n) is 8.23. The molecule has 3 fully saturated rings. The standard InChI is InChI=1S/C17H24N2O3/c1-2-11-22-16-6-4-3-5-14(16)17(20)19(21)15-12-18-9-7-13(15)8-10-18/h3-6,13,15,19H,2,7-12H2,1H3. The van der Waals surface area contributed by atoms with Gasteiger partial charge in [0.2, 0.25) is 0 Å². The normalized spacial score (nSPS) is 28.4. The summed E-state index contributed by atoms with van der Waals surface area (Å²) in [5.74, 6) is 0.527. The first-order valence-corrected chi connectivity index (χ1v) is 8.23. The Morgan fingerprint density at radius 2 is 2.09 bits per heavy atom. The van der Waals surface area contributed by atoms with Crippen LogP contribution in [0.5, 0.6) is 5.75 Å². The van der Waals surface area contributed by atoms with Crippen LogP contribution in [-0.4, -0.2) is 43.1 Å². The molecule has 1 amide bonds. The van der Waals surface area contributed by atoms with E-state index < -0.39 is 0 Å². The fraction of sp³-hybridized carbons (Fsp3) is 0.588. The molecule has 0 saturated carbocycles. The highest BCUT2D eigenvalue weighted by molar-refractivity contribution is 5.90. The van der Waals surface area contributed by atoms with Gasteiger partial charge in [-0.3, -0.25) is 4.90 Å². The zero-order valence-corrected chi connectivity index (χ0v) is 13.1. The fourth-order valence-electron chi connectivity index (χ4n) is 3.56. The lowest BCUT2D eigenvalue weighted by Gasteiger charge is -2.47. The number of quaternary nitrogens is 1. The van der Waals surface area contributed by atoms with Crippen LogP contribution < -0.4 is 9.80 Å². The Labute approximate surface area is 131 Å². The molecule has 0 aromatic heterocycles. The maximum absolute atomic E-state index is 12.7. The van der Waals surface area contributed by atoms with Gasteiger partial charge >= 0.3 is 5.91 Å². The largest absolute Gasteiger partial charge is 0.626 e. The average Bonchev–Trinajstić information content (AvgIpc) is 2.60. The molecule has 3 aliphatic heterocycles. The number of rotatable bonds is 5. The molecule has 0 radical (unpaired) electrons. The number of piperidine rings is 3. The minimum Gasteiger partial charge on any atom is -0.626 e. The van der Waals surface area contributed by atoms with Crippen LogP contribution in [-0.2, 0) is 0 Å². The number of carbonyl (C=O) groups excluding carboxylic acids is 1. The number of nitrogens with zero attached hydrogens (tertiary/aromatic N) is 1. The number of ether oxygens (including phenoxy) is 1. The van der Waals surface area contributed by atoms with Crippen LogP contribution in [0.2, 0.25) is 0 Å². The van der Waals surface area contributed by atoms with Gasteiger partial charge in [0, 0.05) is 5.92 Å². The van der Waals surface area contributed by atoms with E-state index in [4.69, 9.17) is 4.74 Å². The van der Waals surface area contributed by atoms with Crippen LogP contribution in [0.25, 0.3) is 0 Å². The first kappa shape index (κ1) is 15.5. The van der Waals surface area contributed by atoms with Crippen LogP contribution in [0.4, 0.5) is 0 Å². The minimum atomic E-state index is -0.384. The maximum Gasteiger partial charge on any atom is 0.348 e. The van der Waals surface area contributed by atoms with E-state index in [-0.39, 0.29) is 17.0 Å². The Bertz CT molecular complexity index is 526. The summed E-state index contributed by atoms with van der Waals surface area (Å²) in [4.78, 5) is 15.0. The molecule has 4 rings (SSSR count). The summed E-state index contributed by atoms with van der Waals surface area (Å²) >= 11 is 0. The van der Waals surface area contributed by atoms with Crippen molar-refractivity contribution in [2.45, 2.75) is 32.2 Å². The van der Waals surface area contributed by atoms with Crippen molar-refractivity contribution in [2.24, 2.45) is 5.92 Å². The molecule has 120 valence electrons. The number of hydroxylamine groups is 2. The molecular formula is C17H24N2O3.